The van der Waals surface area contributed by atoms with Gasteiger partial charge in [-0.3, -0.25) is 4.79 Å². The molecule has 1 amide bonds. The molecule has 3 rings (SSSR count). The van der Waals surface area contributed by atoms with Gasteiger partial charge in [0, 0.05) is 18.1 Å². The lowest BCUT2D eigenvalue weighted by molar-refractivity contribution is -0.142. The normalized spacial score (nSPS) is 17.9. The summed E-state index contributed by atoms with van der Waals surface area (Å²) in [6.07, 6.45) is 1.51. The van der Waals surface area contributed by atoms with Crippen LogP contribution in [-0.2, 0) is 9.53 Å². The fourth-order valence-corrected chi connectivity index (χ4v) is 2.96. The summed E-state index contributed by atoms with van der Waals surface area (Å²) in [6, 6.07) is 14.9. The van der Waals surface area contributed by atoms with Crippen LogP contribution in [0, 0.1) is 5.92 Å². The van der Waals surface area contributed by atoms with E-state index in [4.69, 9.17) is 9.47 Å². The molecule has 2 aromatic carbocycles. The van der Waals surface area contributed by atoms with E-state index in [2.05, 4.69) is 5.32 Å². The van der Waals surface area contributed by atoms with Gasteiger partial charge in [-0.05, 0) is 43.2 Å². The van der Waals surface area contributed by atoms with Crippen LogP contribution in [0.4, 0.5) is 0 Å². The van der Waals surface area contributed by atoms with E-state index < -0.39 is 17.9 Å². The third-order valence-corrected chi connectivity index (χ3v) is 4.29. The fraction of sp³-hybridized carbons (Fsp3) is 0.300. The maximum Gasteiger partial charge on any atom is 0.326 e. The Morgan fingerprint density at radius 2 is 1.88 bits per heavy atom. The van der Waals surface area contributed by atoms with Crippen molar-refractivity contribution in [1.29, 1.82) is 0 Å². The van der Waals surface area contributed by atoms with E-state index in [-0.39, 0.29) is 5.92 Å². The largest absolute Gasteiger partial charge is 0.480 e. The van der Waals surface area contributed by atoms with Crippen molar-refractivity contribution < 1.29 is 24.2 Å². The Morgan fingerprint density at radius 1 is 1.12 bits per heavy atom. The van der Waals surface area contributed by atoms with Crippen molar-refractivity contribution in [3.8, 4) is 11.5 Å². The van der Waals surface area contributed by atoms with E-state index in [1.807, 2.05) is 30.3 Å². The number of nitrogens with one attached hydrogen (secondary N) is 1. The van der Waals surface area contributed by atoms with Crippen molar-refractivity contribution in [3.05, 3.63) is 60.2 Å². The molecule has 0 bridgehead atoms. The van der Waals surface area contributed by atoms with Crippen LogP contribution in [0.25, 0.3) is 0 Å². The summed E-state index contributed by atoms with van der Waals surface area (Å²) in [5.41, 5.74) is 0.349. The van der Waals surface area contributed by atoms with Gasteiger partial charge in [-0.1, -0.05) is 24.3 Å². The molecule has 136 valence electrons. The van der Waals surface area contributed by atoms with Crippen molar-refractivity contribution in [1.82, 2.24) is 5.32 Å². The summed E-state index contributed by atoms with van der Waals surface area (Å²) in [5.74, 6) is -0.550. The average Bonchev–Trinajstić information content (AvgIpc) is 2.67. The SMILES string of the molecule is O=C(NC(C(=O)O)C1CCCOC1)c1cccc(Oc2ccccc2)c1. The van der Waals surface area contributed by atoms with E-state index in [0.717, 1.165) is 6.42 Å². The number of aliphatic carboxylic acids is 1. The van der Waals surface area contributed by atoms with Crippen molar-refractivity contribution >= 4 is 11.9 Å². The van der Waals surface area contributed by atoms with E-state index in [1.54, 1.807) is 24.3 Å². The summed E-state index contributed by atoms with van der Waals surface area (Å²) in [5, 5.41) is 12.1. The topological polar surface area (TPSA) is 84.9 Å². The summed E-state index contributed by atoms with van der Waals surface area (Å²) in [4.78, 5) is 24.1. The number of hydrogen-bond donors (Lipinski definition) is 2. The minimum atomic E-state index is -1.05. The first-order valence-electron chi connectivity index (χ1n) is 8.58. The van der Waals surface area contributed by atoms with Gasteiger partial charge in [0.05, 0.1) is 6.61 Å². The maximum atomic E-state index is 12.5. The van der Waals surface area contributed by atoms with Crippen LogP contribution in [0.1, 0.15) is 23.2 Å². The van der Waals surface area contributed by atoms with Crippen LogP contribution < -0.4 is 10.1 Å². The molecule has 2 unspecified atom stereocenters. The molecule has 26 heavy (non-hydrogen) atoms. The number of carboxylic acids is 1. The Bertz CT molecular complexity index is 756. The molecule has 1 saturated heterocycles. The summed E-state index contributed by atoms with van der Waals surface area (Å²) in [6.45, 7) is 0.976. The summed E-state index contributed by atoms with van der Waals surface area (Å²) in [7, 11) is 0. The van der Waals surface area contributed by atoms with Crippen LogP contribution in [0.3, 0.4) is 0 Å². The van der Waals surface area contributed by atoms with Crippen molar-refractivity contribution in [3.63, 3.8) is 0 Å². The quantitative estimate of drug-likeness (QED) is 0.832. The van der Waals surface area contributed by atoms with Gasteiger partial charge in [0.15, 0.2) is 0 Å². The average molecular weight is 355 g/mol. The van der Waals surface area contributed by atoms with Crippen LogP contribution in [0.5, 0.6) is 11.5 Å². The maximum absolute atomic E-state index is 12.5. The second-order valence-corrected chi connectivity index (χ2v) is 6.21. The molecule has 0 saturated carbocycles. The third-order valence-electron chi connectivity index (χ3n) is 4.29. The number of carboxylic acid groups (broad SMARTS) is 1. The first kappa shape index (κ1) is 17.9. The highest BCUT2D eigenvalue weighted by molar-refractivity contribution is 5.97. The lowest BCUT2D eigenvalue weighted by Crippen LogP contribution is -2.48. The zero-order valence-corrected chi connectivity index (χ0v) is 14.3. The number of benzene rings is 2. The molecule has 0 aliphatic carbocycles. The Balaban J connectivity index is 1.70. The van der Waals surface area contributed by atoms with Crippen molar-refractivity contribution in [2.45, 2.75) is 18.9 Å². The Morgan fingerprint density at radius 3 is 2.58 bits per heavy atom. The first-order valence-corrected chi connectivity index (χ1v) is 8.58. The van der Waals surface area contributed by atoms with Crippen LogP contribution in [0.15, 0.2) is 54.6 Å². The highest BCUT2D eigenvalue weighted by atomic mass is 16.5. The van der Waals surface area contributed by atoms with Crippen LogP contribution in [-0.4, -0.2) is 36.2 Å². The molecule has 1 aliphatic rings. The number of hydrogen-bond acceptors (Lipinski definition) is 4. The van der Waals surface area contributed by atoms with Crippen LogP contribution in [0.2, 0.25) is 0 Å². The Labute approximate surface area is 151 Å². The van der Waals surface area contributed by atoms with Gasteiger partial charge in [-0.2, -0.15) is 0 Å². The van der Waals surface area contributed by atoms with Gasteiger partial charge >= 0.3 is 5.97 Å². The molecule has 0 aromatic heterocycles. The second-order valence-electron chi connectivity index (χ2n) is 6.21. The smallest absolute Gasteiger partial charge is 0.326 e. The van der Waals surface area contributed by atoms with Gasteiger partial charge in [0.2, 0.25) is 0 Å². The highest BCUT2D eigenvalue weighted by Crippen LogP contribution is 2.22. The number of ether oxygens (including phenoxy) is 2. The van der Waals surface area contributed by atoms with Gasteiger partial charge in [-0.25, -0.2) is 4.79 Å². The van der Waals surface area contributed by atoms with E-state index in [0.29, 0.717) is 36.7 Å². The van der Waals surface area contributed by atoms with Gasteiger partial charge < -0.3 is 19.9 Å². The van der Waals surface area contributed by atoms with E-state index >= 15 is 0 Å². The molecule has 0 radical (unpaired) electrons. The standard InChI is InChI=1S/C20H21NO5/c22-19(21-18(20(23)24)15-7-5-11-25-13-15)14-6-4-10-17(12-14)26-16-8-2-1-3-9-16/h1-4,6,8-10,12,15,18H,5,7,11,13H2,(H,21,22)(H,23,24). The number of para-hydroxylation sites is 1. The van der Waals surface area contributed by atoms with Crippen LogP contribution >= 0.6 is 0 Å². The predicted molar refractivity (Wildman–Crippen MR) is 95.4 cm³/mol. The molecule has 0 spiro atoms. The molecule has 1 fully saturated rings. The molecule has 2 aromatic rings. The Hall–Kier alpha value is -2.86. The summed E-state index contributed by atoms with van der Waals surface area (Å²) >= 11 is 0. The molecule has 2 atom stereocenters. The number of amides is 1. The first-order chi connectivity index (χ1) is 12.6. The highest BCUT2D eigenvalue weighted by Gasteiger charge is 2.31. The van der Waals surface area contributed by atoms with Crippen molar-refractivity contribution in [2.75, 3.05) is 13.2 Å². The number of carbonyl (C=O) groups excluding carboxylic acids is 1. The van der Waals surface area contributed by atoms with Gasteiger partial charge in [0.25, 0.3) is 5.91 Å². The molecule has 1 aliphatic heterocycles. The molecule has 6 heteroatoms. The van der Waals surface area contributed by atoms with E-state index in [1.165, 1.54) is 0 Å². The monoisotopic (exact) mass is 355 g/mol. The minimum Gasteiger partial charge on any atom is -0.480 e. The fourth-order valence-electron chi connectivity index (χ4n) is 2.96. The lowest BCUT2D eigenvalue weighted by Gasteiger charge is -2.28. The lowest BCUT2D eigenvalue weighted by atomic mass is 9.93. The zero-order valence-electron chi connectivity index (χ0n) is 14.3. The number of rotatable bonds is 6. The molecular formula is C20H21NO5. The van der Waals surface area contributed by atoms with Crippen molar-refractivity contribution in [2.24, 2.45) is 5.92 Å². The minimum absolute atomic E-state index is 0.228. The molecule has 1 heterocycles. The van der Waals surface area contributed by atoms with Gasteiger partial charge in [-0.15, -0.1) is 0 Å². The molecule has 2 N–H and O–H groups in total. The second kappa shape index (κ2) is 8.49. The summed E-state index contributed by atoms with van der Waals surface area (Å²) < 4.78 is 11.1. The molecule has 6 nitrogen and oxygen atoms in total. The molecular weight excluding hydrogens is 334 g/mol. The van der Waals surface area contributed by atoms with E-state index in [9.17, 15) is 14.7 Å². The third kappa shape index (κ3) is 4.61. The van der Waals surface area contributed by atoms with Gasteiger partial charge in [0.1, 0.15) is 17.5 Å². The number of carbonyl (C=O) groups is 2. The Kier molecular flexibility index (Phi) is 5.86. The zero-order chi connectivity index (χ0) is 18.4. The predicted octanol–water partition coefficient (Wildman–Crippen LogP) is 3.09.